The zero-order valence-corrected chi connectivity index (χ0v) is 12.8. The van der Waals surface area contributed by atoms with Crippen molar-refractivity contribution in [1.29, 1.82) is 0 Å². The molecule has 0 aliphatic carbocycles. The van der Waals surface area contributed by atoms with Gasteiger partial charge in [0.2, 0.25) is 0 Å². The fraction of sp³-hybridized carbons (Fsp3) is 0.455. The van der Waals surface area contributed by atoms with E-state index in [1.54, 1.807) is 6.07 Å². The third-order valence-electron chi connectivity index (χ3n) is 3.11. The molecule has 7 heteroatoms. The summed E-state index contributed by atoms with van der Waals surface area (Å²) >= 11 is 9.32. The molecule has 1 unspecified atom stereocenters. The molecular weight excluding hydrogens is 340 g/mol. The maximum Gasteiger partial charge on any atom is 0.152 e. The smallest absolute Gasteiger partial charge is 0.152 e. The van der Waals surface area contributed by atoms with E-state index in [-0.39, 0.29) is 18.1 Å². The molecule has 0 aromatic heterocycles. The lowest BCUT2D eigenvalue weighted by Gasteiger charge is -2.28. The first-order valence-electron chi connectivity index (χ1n) is 5.50. The minimum Gasteiger partial charge on any atom is -0.377 e. The van der Waals surface area contributed by atoms with Crippen LogP contribution in [0.3, 0.4) is 0 Å². The van der Waals surface area contributed by atoms with Gasteiger partial charge in [0.05, 0.1) is 22.1 Å². The number of halogens is 2. The van der Waals surface area contributed by atoms with Crippen molar-refractivity contribution in [3.8, 4) is 0 Å². The maximum atomic E-state index is 11.6. The largest absolute Gasteiger partial charge is 0.377 e. The van der Waals surface area contributed by atoms with Gasteiger partial charge in [-0.15, -0.1) is 0 Å². The molecule has 0 amide bonds. The Hall–Kier alpha value is -0.300. The number of nitrogens with one attached hydrogen (secondary N) is 1. The van der Waals surface area contributed by atoms with Crippen LogP contribution in [-0.4, -0.2) is 32.0 Å². The van der Waals surface area contributed by atoms with Crippen LogP contribution in [0.15, 0.2) is 22.7 Å². The van der Waals surface area contributed by atoms with Gasteiger partial charge >= 0.3 is 0 Å². The highest BCUT2D eigenvalue weighted by molar-refractivity contribution is 9.10. The van der Waals surface area contributed by atoms with E-state index in [1.807, 2.05) is 12.1 Å². The number of hydrogen-bond acceptors (Lipinski definition) is 4. The first-order chi connectivity index (χ1) is 8.36. The Morgan fingerprint density at radius 2 is 2.22 bits per heavy atom. The maximum absolute atomic E-state index is 11.6. The van der Waals surface area contributed by atoms with Crippen LogP contribution in [0.2, 0.25) is 5.02 Å². The molecule has 0 spiro atoms. The highest BCUT2D eigenvalue weighted by Crippen LogP contribution is 2.30. The molecule has 1 aliphatic heterocycles. The van der Waals surface area contributed by atoms with Crippen LogP contribution in [0.5, 0.6) is 0 Å². The molecule has 1 saturated heterocycles. The molecule has 100 valence electrons. The lowest BCUT2D eigenvalue weighted by molar-refractivity contribution is 0.534. The van der Waals surface area contributed by atoms with Gasteiger partial charge in [0.1, 0.15) is 0 Å². The third kappa shape index (κ3) is 2.99. The number of nitrogens with two attached hydrogens (primary N) is 1. The van der Waals surface area contributed by atoms with Gasteiger partial charge < -0.3 is 11.1 Å². The molecule has 1 fully saturated rings. The van der Waals surface area contributed by atoms with Gasteiger partial charge in [0.15, 0.2) is 9.84 Å². The van der Waals surface area contributed by atoms with Gasteiger partial charge in [0, 0.05) is 16.7 Å². The van der Waals surface area contributed by atoms with E-state index >= 15 is 0 Å². The fourth-order valence-corrected chi connectivity index (χ4v) is 4.56. The molecule has 1 atom stereocenters. The quantitative estimate of drug-likeness (QED) is 0.872. The van der Waals surface area contributed by atoms with E-state index in [9.17, 15) is 8.42 Å². The Morgan fingerprint density at radius 1 is 1.50 bits per heavy atom. The average molecular weight is 354 g/mol. The van der Waals surface area contributed by atoms with Gasteiger partial charge in [0.25, 0.3) is 0 Å². The van der Waals surface area contributed by atoms with E-state index in [0.29, 0.717) is 11.4 Å². The zero-order valence-electron chi connectivity index (χ0n) is 9.62. The van der Waals surface area contributed by atoms with Crippen LogP contribution in [0.1, 0.15) is 6.42 Å². The van der Waals surface area contributed by atoms with Crippen LogP contribution >= 0.6 is 27.5 Å². The monoisotopic (exact) mass is 352 g/mol. The highest BCUT2D eigenvalue weighted by Gasteiger charge is 2.41. The van der Waals surface area contributed by atoms with Gasteiger partial charge in [-0.3, -0.25) is 0 Å². The lowest BCUT2D eigenvalue weighted by Crippen LogP contribution is -2.46. The first kappa shape index (κ1) is 14.1. The SMILES string of the molecule is NCC1(Nc2ccc(Br)c(Cl)c2)CCS(=O)(=O)C1. The van der Waals surface area contributed by atoms with E-state index < -0.39 is 15.4 Å². The minimum atomic E-state index is -2.99. The summed E-state index contributed by atoms with van der Waals surface area (Å²) < 4.78 is 24.0. The Kier molecular flexibility index (Phi) is 3.92. The molecule has 18 heavy (non-hydrogen) atoms. The molecule has 0 bridgehead atoms. The summed E-state index contributed by atoms with van der Waals surface area (Å²) in [7, 11) is -2.99. The molecule has 1 aromatic rings. The first-order valence-corrected chi connectivity index (χ1v) is 8.49. The number of hydrogen-bond donors (Lipinski definition) is 2. The van der Waals surface area contributed by atoms with Crippen LogP contribution in [0, 0.1) is 0 Å². The number of benzene rings is 1. The number of anilines is 1. The summed E-state index contributed by atoms with van der Waals surface area (Å²) in [6.07, 6.45) is 0.527. The number of sulfone groups is 1. The molecule has 0 saturated carbocycles. The Morgan fingerprint density at radius 3 is 2.72 bits per heavy atom. The molecule has 3 N–H and O–H groups in total. The zero-order chi connectivity index (χ0) is 13.4. The van der Waals surface area contributed by atoms with Crippen molar-refractivity contribution in [1.82, 2.24) is 0 Å². The average Bonchev–Trinajstić information content (AvgIpc) is 2.60. The Balaban J connectivity index is 2.23. The Bertz CT molecular complexity index is 564. The van der Waals surface area contributed by atoms with Gasteiger partial charge in [-0.25, -0.2) is 8.42 Å². The molecular formula is C11H14BrClN2O2S. The molecule has 4 nitrogen and oxygen atoms in total. The normalized spacial score (nSPS) is 26.2. The third-order valence-corrected chi connectivity index (χ3v) is 6.16. The summed E-state index contributed by atoms with van der Waals surface area (Å²) in [5.74, 6) is 0.256. The highest BCUT2D eigenvalue weighted by atomic mass is 79.9. The lowest BCUT2D eigenvalue weighted by atomic mass is 9.99. The predicted molar refractivity (Wildman–Crippen MR) is 77.8 cm³/mol. The van der Waals surface area contributed by atoms with Crippen molar-refractivity contribution < 1.29 is 8.42 Å². The second-order valence-corrected chi connectivity index (χ2v) is 8.03. The van der Waals surface area contributed by atoms with Crippen LogP contribution in [-0.2, 0) is 9.84 Å². The van der Waals surface area contributed by atoms with Crippen LogP contribution in [0.25, 0.3) is 0 Å². The van der Waals surface area contributed by atoms with Crippen molar-refractivity contribution in [2.75, 3.05) is 23.4 Å². The fourth-order valence-electron chi connectivity index (χ4n) is 2.11. The molecule has 1 aliphatic rings. The standard InChI is InChI=1S/C11H14BrClN2O2S/c12-9-2-1-8(5-10(9)13)15-11(6-14)3-4-18(16,17)7-11/h1-2,5,15H,3-4,6-7,14H2. The molecule has 1 aromatic carbocycles. The van der Waals surface area contributed by atoms with E-state index in [0.717, 1.165) is 10.2 Å². The van der Waals surface area contributed by atoms with Crippen molar-refractivity contribution in [2.45, 2.75) is 12.0 Å². The number of rotatable bonds is 3. The molecule has 0 radical (unpaired) electrons. The van der Waals surface area contributed by atoms with Gasteiger partial charge in [-0.1, -0.05) is 11.6 Å². The van der Waals surface area contributed by atoms with E-state index in [2.05, 4.69) is 21.2 Å². The van der Waals surface area contributed by atoms with Crippen molar-refractivity contribution in [2.24, 2.45) is 5.73 Å². The van der Waals surface area contributed by atoms with Crippen molar-refractivity contribution in [3.63, 3.8) is 0 Å². The molecule has 1 heterocycles. The van der Waals surface area contributed by atoms with Crippen LogP contribution in [0.4, 0.5) is 5.69 Å². The summed E-state index contributed by atoms with van der Waals surface area (Å²) in [5, 5.41) is 3.80. The second kappa shape index (κ2) is 5.00. The van der Waals surface area contributed by atoms with Crippen molar-refractivity contribution in [3.05, 3.63) is 27.7 Å². The van der Waals surface area contributed by atoms with Crippen molar-refractivity contribution >= 4 is 43.1 Å². The summed E-state index contributed by atoms with van der Waals surface area (Å²) in [6, 6.07) is 5.42. The second-order valence-electron chi connectivity index (χ2n) is 4.58. The van der Waals surface area contributed by atoms with E-state index in [1.165, 1.54) is 0 Å². The topological polar surface area (TPSA) is 72.2 Å². The summed E-state index contributed by atoms with van der Waals surface area (Å²) in [6.45, 7) is 0.278. The minimum absolute atomic E-state index is 0.0736. The van der Waals surface area contributed by atoms with Crippen LogP contribution < -0.4 is 11.1 Å². The summed E-state index contributed by atoms with van der Waals surface area (Å²) in [5.41, 5.74) is 5.95. The molecule has 2 rings (SSSR count). The predicted octanol–water partition coefficient (Wildman–Crippen LogP) is 2.03. The van der Waals surface area contributed by atoms with Gasteiger partial charge in [-0.2, -0.15) is 0 Å². The Labute approximate surface area is 120 Å². The summed E-state index contributed by atoms with van der Waals surface area (Å²) in [4.78, 5) is 0. The van der Waals surface area contributed by atoms with E-state index in [4.69, 9.17) is 17.3 Å². The van der Waals surface area contributed by atoms with Gasteiger partial charge in [-0.05, 0) is 40.5 Å².